The highest BCUT2D eigenvalue weighted by atomic mass is 15.0. The van der Waals surface area contributed by atoms with Crippen molar-refractivity contribution in [3.8, 4) is 90.8 Å². The molecule has 0 aliphatic carbocycles. The van der Waals surface area contributed by atoms with Gasteiger partial charge in [-0.05, 0) is 87.0 Å². The van der Waals surface area contributed by atoms with Crippen LogP contribution in [-0.4, -0.2) is 15.0 Å². The molecule has 5 heteroatoms. The van der Waals surface area contributed by atoms with Crippen molar-refractivity contribution in [1.82, 2.24) is 15.0 Å². The molecule has 1 heterocycles. The normalized spacial score (nSPS) is 10.7. The average molecular weight is 664 g/mol. The van der Waals surface area contributed by atoms with Crippen LogP contribution in [0.5, 0.6) is 0 Å². The van der Waals surface area contributed by atoms with E-state index in [0.29, 0.717) is 28.6 Å². The van der Waals surface area contributed by atoms with Gasteiger partial charge in [-0.1, -0.05) is 133 Å². The van der Waals surface area contributed by atoms with Crippen LogP contribution in [0.2, 0.25) is 0 Å². The second-order valence-corrected chi connectivity index (χ2v) is 12.4. The van der Waals surface area contributed by atoms with Gasteiger partial charge in [0.05, 0.1) is 23.3 Å². The molecule has 0 atom stereocenters. The van der Waals surface area contributed by atoms with E-state index in [9.17, 15) is 10.5 Å². The van der Waals surface area contributed by atoms with Gasteiger partial charge in [0.2, 0.25) is 0 Å². The molecule has 0 amide bonds. The van der Waals surface area contributed by atoms with Gasteiger partial charge in [-0.15, -0.1) is 0 Å². The summed E-state index contributed by atoms with van der Waals surface area (Å²) in [7, 11) is 0. The highest BCUT2D eigenvalue weighted by molar-refractivity contribution is 5.80. The summed E-state index contributed by atoms with van der Waals surface area (Å²) in [5.74, 6) is 1.79. The Hall–Kier alpha value is -7.47. The Morgan fingerprint density at radius 3 is 1.19 bits per heavy atom. The van der Waals surface area contributed by atoms with Gasteiger partial charge >= 0.3 is 0 Å². The summed E-state index contributed by atoms with van der Waals surface area (Å²) >= 11 is 0. The van der Waals surface area contributed by atoms with E-state index in [-0.39, 0.29) is 0 Å². The fourth-order valence-corrected chi connectivity index (χ4v) is 6.30. The van der Waals surface area contributed by atoms with Crippen molar-refractivity contribution in [3.63, 3.8) is 0 Å². The van der Waals surface area contributed by atoms with Crippen molar-refractivity contribution in [2.24, 2.45) is 0 Å². The molecule has 1 aromatic heterocycles. The fourth-order valence-electron chi connectivity index (χ4n) is 6.30. The summed E-state index contributed by atoms with van der Waals surface area (Å²) in [5, 5.41) is 19.3. The molecule has 7 aromatic carbocycles. The van der Waals surface area contributed by atoms with Crippen molar-refractivity contribution >= 4 is 0 Å². The third-order valence-electron chi connectivity index (χ3n) is 8.95. The van der Waals surface area contributed by atoms with Crippen LogP contribution in [0.25, 0.3) is 78.7 Å². The predicted molar refractivity (Wildman–Crippen MR) is 207 cm³/mol. The molecule has 0 aliphatic heterocycles. The highest BCUT2D eigenvalue weighted by Gasteiger charge is 2.14. The van der Waals surface area contributed by atoms with Crippen LogP contribution < -0.4 is 0 Å². The lowest BCUT2D eigenvalue weighted by molar-refractivity contribution is 1.07. The number of hydrogen-bond acceptors (Lipinski definition) is 5. The van der Waals surface area contributed by atoms with E-state index in [0.717, 1.165) is 61.2 Å². The van der Waals surface area contributed by atoms with E-state index in [1.165, 1.54) is 0 Å². The Labute approximate surface area is 302 Å². The van der Waals surface area contributed by atoms with Gasteiger partial charge in [0.25, 0.3) is 0 Å². The van der Waals surface area contributed by atoms with Crippen LogP contribution >= 0.6 is 0 Å². The summed E-state index contributed by atoms with van der Waals surface area (Å²) < 4.78 is 0. The molecule has 0 saturated carbocycles. The second-order valence-electron chi connectivity index (χ2n) is 12.4. The lowest BCUT2D eigenvalue weighted by Gasteiger charge is -2.11. The zero-order valence-corrected chi connectivity index (χ0v) is 28.0. The maximum atomic E-state index is 9.88. The van der Waals surface area contributed by atoms with Crippen LogP contribution in [-0.2, 0) is 0 Å². The minimum absolute atomic E-state index is 0.553. The summed E-state index contributed by atoms with van der Waals surface area (Å²) in [6.45, 7) is 0. The molecule has 0 unspecified atom stereocenters. The largest absolute Gasteiger partial charge is 0.208 e. The molecule has 0 N–H and O–H groups in total. The van der Waals surface area contributed by atoms with Gasteiger partial charge in [-0.2, -0.15) is 10.5 Å². The maximum absolute atomic E-state index is 9.88. The first-order valence-corrected chi connectivity index (χ1v) is 16.9. The molecule has 5 nitrogen and oxygen atoms in total. The minimum atomic E-state index is 0.553. The second kappa shape index (κ2) is 14.2. The van der Waals surface area contributed by atoms with Crippen molar-refractivity contribution in [2.75, 3.05) is 0 Å². The lowest BCUT2D eigenvalue weighted by atomic mass is 9.93. The molecule has 52 heavy (non-hydrogen) atoms. The maximum Gasteiger partial charge on any atom is 0.164 e. The Kier molecular flexibility index (Phi) is 8.66. The number of benzene rings is 7. The summed E-state index contributed by atoms with van der Waals surface area (Å²) in [5.41, 5.74) is 11.8. The van der Waals surface area contributed by atoms with Gasteiger partial charge in [0, 0.05) is 16.7 Å². The topological polar surface area (TPSA) is 86.2 Å². The Bertz CT molecular complexity index is 2630. The zero-order valence-electron chi connectivity index (χ0n) is 28.0. The molecule has 8 rings (SSSR count). The van der Waals surface area contributed by atoms with Crippen molar-refractivity contribution in [1.29, 1.82) is 10.5 Å². The third-order valence-corrected chi connectivity index (χ3v) is 8.95. The standard InChI is InChI=1S/C47H29N5/c48-30-32-10-7-15-38(24-32)43-25-33(31-49)26-44(29-43)41-18-8-16-39(27-41)40-17-9-19-42(28-40)47-51-45(36-13-5-2-6-14-36)50-46(52-47)37-22-20-35(21-23-37)34-11-3-1-4-12-34/h1-29H. The Morgan fingerprint density at radius 2 is 0.615 bits per heavy atom. The molecule has 0 fully saturated rings. The first kappa shape index (κ1) is 31.8. The molecule has 8 aromatic rings. The van der Waals surface area contributed by atoms with E-state index < -0.39 is 0 Å². The quantitative estimate of drug-likeness (QED) is 0.169. The zero-order chi connectivity index (χ0) is 35.3. The number of hydrogen-bond donors (Lipinski definition) is 0. The first-order chi connectivity index (χ1) is 25.6. The van der Waals surface area contributed by atoms with Crippen molar-refractivity contribution in [2.45, 2.75) is 0 Å². The number of rotatable bonds is 7. The van der Waals surface area contributed by atoms with Crippen LogP contribution in [0.15, 0.2) is 176 Å². The van der Waals surface area contributed by atoms with Crippen molar-refractivity contribution < 1.29 is 0 Å². The Morgan fingerprint density at radius 1 is 0.269 bits per heavy atom. The highest BCUT2D eigenvalue weighted by Crippen LogP contribution is 2.33. The van der Waals surface area contributed by atoms with E-state index in [2.05, 4.69) is 78.9 Å². The molecule has 0 spiro atoms. The van der Waals surface area contributed by atoms with Crippen LogP contribution in [0.1, 0.15) is 11.1 Å². The molecule has 0 saturated heterocycles. The van der Waals surface area contributed by atoms with Crippen LogP contribution in [0.4, 0.5) is 0 Å². The van der Waals surface area contributed by atoms with Gasteiger partial charge in [-0.25, -0.2) is 15.0 Å². The summed E-state index contributed by atoms with van der Waals surface area (Å²) in [4.78, 5) is 14.9. The number of aromatic nitrogens is 3. The van der Waals surface area contributed by atoms with E-state index in [4.69, 9.17) is 15.0 Å². The average Bonchev–Trinajstić information content (AvgIpc) is 3.24. The van der Waals surface area contributed by atoms with Gasteiger partial charge < -0.3 is 0 Å². The Balaban J connectivity index is 1.17. The van der Waals surface area contributed by atoms with Crippen LogP contribution in [0.3, 0.4) is 0 Å². The number of nitrogens with zero attached hydrogens (tertiary/aromatic N) is 5. The minimum Gasteiger partial charge on any atom is -0.208 e. The molecule has 0 aliphatic rings. The lowest BCUT2D eigenvalue weighted by Crippen LogP contribution is -2.00. The molecule has 242 valence electrons. The van der Waals surface area contributed by atoms with Crippen molar-refractivity contribution in [3.05, 3.63) is 187 Å². The van der Waals surface area contributed by atoms with E-state index in [1.54, 1.807) is 6.07 Å². The fraction of sp³-hybridized carbons (Fsp3) is 0. The smallest absolute Gasteiger partial charge is 0.164 e. The number of nitriles is 2. The summed E-state index contributed by atoms with van der Waals surface area (Å²) in [6, 6.07) is 62.9. The van der Waals surface area contributed by atoms with Crippen LogP contribution in [0, 0.1) is 22.7 Å². The molecule has 0 radical (unpaired) electrons. The predicted octanol–water partition coefficient (Wildman–Crippen LogP) is 11.3. The van der Waals surface area contributed by atoms with E-state index in [1.807, 2.05) is 103 Å². The van der Waals surface area contributed by atoms with Gasteiger partial charge in [0.1, 0.15) is 0 Å². The molecular formula is C47H29N5. The monoisotopic (exact) mass is 663 g/mol. The van der Waals surface area contributed by atoms with Gasteiger partial charge in [0.15, 0.2) is 17.5 Å². The van der Waals surface area contributed by atoms with Gasteiger partial charge in [-0.3, -0.25) is 0 Å². The SMILES string of the molecule is N#Cc1cccc(-c2cc(C#N)cc(-c3cccc(-c4cccc(-c5nc(-c6ccccc6)nc(-c6ccc(-c7ccccc7)cc6)n5)c4)c3)c2)c1. The molecular weight excluding hydrogens is 635 g/mol. The summed E-state index contributed by atoms with van der Waals surface area (Å²) in [6.07, 6.45) is 0. The first-order valence-electron chi connectivity index (χ1n) is 16.9. The van der Waals surface area contributed by atoms with E-state index >= 15 is 0 Å². The molecule has 0 bridgehead atoms. The third kappa shape index (κ3) is 6.71.